The molecule has 0 spiro atoms. The van der Waals surface area contributed by atoms with Crippen molar-refractivity contribution in [3.05, 3.63) is 89.2 Å². The van der Waals surface area contributed by atoms with Crippen LogP contribution in [0.15, 0.2) is 66.9 Å². The van der Waals surface area contributed by atoms with E-state index in [2.05, 4.69) is 86.1 Å². The minimum absolute atomic E-state index is 0.101. The van der Waals surface area contributed by atoms with Gasteiger partial charge in [-0.05, 0) is 68.4 Å². The van der Waals surface area contributed by atoms with Crippen molar-refractivity contribution in [1.29, 1.82) is 0 Å². The largest absolute Gasteiger partial charge is 0.262 e. The molecule has 1 heterocycles. The summed E-state index contributed by atoms with van der Waals surface area (Å²) in [6.45, 7) is 8.85. The summed E-state index contributed by atoms with van der Waals surface area (Å²) in [6.07, 6.45) is 1.82. The van der Waals surface area contributed by atoms with Crippen LogP contribution >= 0.6 is 0 Å². The lowest BCUT2D eigenvalue weighted by atomic mass is 9.81. The number of hydrogen-bond donors (Lipinski definition) is 0. The highest BCUT2D eigenvalue weighted by Crippen LogP contribution is 2.40. The average molecular weight is 373 g/mol. The molecule has 1 heteroatoms. The van der Waals surface area contributed by atoms with Gasteiger partial charge in [-0.1, -0.05) is 75.1 Å². The highest BCUT2D eigenvalue weighted by molar-refractivity contribution is 6.24. The topological polar surface area (TPSA) is 12.9 Å². The van der Waals surface area contributed by atoms with Gasteiger partial charge < -0.3 is 0 Å². The maximum atomic E-state index is 4.26. The van der Waals surface area contributed by atoms with Crippen molar-refractivity contribution in [3.8, 4) is 11.8 Å². The van der Waals surface area contributed by atoms with Gasteiger partial charge in [0.2, 0.25) is 0 Å². The van der Waals surface area contributed by atoms with E-state index in [0.717, 1.165) is 16.8 Å². The molecule has 29 heavy (non-hydrogen) atoms. The lowest BCUT2D eigenvalue weighted by molar-refractivity contribution is 0.596. The second-order valence-electron chi connectivity index (χ2n) is 8.83. The Kier molecular flexibility index (Phi) is 3.86. The Bertz CT molecular complexity index is 1440. The molecule has 0 aliphatic rings. The molecule has 0 bridgehead atoms. The first kappa shape index (κ1) is 17.7. The molecule has 1 aromatic heterocycles. The third-order valence-electron chi connectivity index (χ3n) is 5.71. The third-order valence-corrected chi connectivity index (χ3v) is 5.71. The fraction of sp³-hybridized carbons (Fsp3) is 0.179. The molecule has 0 unspecified atom stereocenters. The fourth-order valence-electron chi connectivity index (χ4n) is 4.33. The van der Waals surface area contributed by atoms with Crippen LogP contribution < -0.4 is 0 Å². The van der Waals surface area contributed by atoms with Crippen LogP contribution in [0.3, 0.4) is 0 Å². The summed E-state index contributed by atoms with van der Waals surface area (Å²) in [4.78, 5) is 4.26. The maximum Gasteiger partial charge on any atom is 0.0385 e. The Labute approximate surface area is 171 Å². The van der Waals surface area contributed by atoms with Crippen molar-refractivity contribution in [2.75, 3.05) is 0 Å². The van der Waals surface area contributed by atoms with Gasteiger partial charge in [0.25, 0.3) is 0 Å². The van der Waals surface area contributed by atoms with Crippen LogP contribution in [0.2, 0.25) is 0 Å². The summed E-state index contributed by atoms with van der Waals surface area (Å²) in [5.41, 5.74) is 4.55. The first-order chi connectivity index (χ1) is 13.9. The van der Waals surface area contributed by atoms with Crippen molar-refractivity contribution in [2.24, 2.45) is 0 Å². The molecule has 0 aliphatic carbocycles. The van der Waals surface area contributed by atoms with Crippen LogP contribution in [-0.2, 0) is 5.41 Å². The van der Waals surface area contributed by atoms with Gasteiger partial charge >= 0.3 is 0 Å². The Morgan fingerprint density at radius 1 is 0.724 bits per heavy atom. The molecule has 0 saturated carbocycles. The second-order valence-corrected chi connectivity index (χ2v) is 8.83. The van der Waals surface area contributed by atoms with Gasteiger partial charge in [0.05, 0.1) is 0 Å². The lowest BCUT2D eigenvalue weighted by Gasteiger charge is -2.23. The highest BCUT2D eigenvalue weighted by Gasteiger charge is 2.19. The fourth-order valence-corrected chi connectivity index (χ4v) is 4.33. The maximum absolute atomic E-state index is 4.26. The van der Waals surface area contributed by atoms with E-state index < -0.39 is 0 Å². The molecule has 140 valence electrons. The van der Waals surface area contributed by atoms with E-state index in [1.165, 1.54) is 37.9 Å². The molecule has 0 N–H and O–H groups in total. The SMILES string of the molecule is Cc1cc(C#Cc2ccc3ccc4c(C(C)(C)C)ccc5ccc2c3c54)ccn1. The summed E-state index contributed by atoms with van der Waals surface area (Å²) >= 11 is 0. The summed E-state index contributed by atoms with van der Waals surface area (Å²) in [7, 11) is 0. The molecular weight excluding hydrogens is 350 g/mol. The van der Waals surface area contributed by atoms with Gasteiger partial charge in [0, 0.05) is 23.0 Å². The Morgan fingerprint density at radius 3 is 2.10 bits per heavy atom. The zero-order valence-electron chi connectivity index (χ0n) is 17.3. The smallest absolute Gasteiger partial charge is 0.0385 e. The van der Waals surface area contributed by atoms with E-state index in [1.807, 2.05) is 25.3 Å². The number of pyridine rings is 1. The molecule has 0 aliphatic heterocycles. The first-order valence-corrected chi connectivity index (χ1v) is 10.1. The van der Waals surface area contributed by atoms with Crippen LogP contribution in [0, 0.1) is 18.8 Å². The summed E-state index contributed by atoms with van der Waals surface area (Å²) in [5, 5.41) is 7.82. The average Bonchev–Trinajstić information content (AvgIpc) is 2.70. The van der Waals surface area contributed by atoms with Crippen LogP contribution in [-0.4, -0.2) is 4.98 Å². The van der Waals surface area contributed by atoms with Gasteiger partial charge in [0.1, 0.15) is 0 Å². The Morgan fingerprint density at radius 2 is 1.38 bits per heavy atom. The molecule has 0 radical (unpaired) electrons. The van der Waals surface area contributed by atoms with Crippen molar-refractivity contribution in [1.82, 2.24) is 4.98 Å². The monoisotopic (exact) mass is 373 g/mol. The predicted molar refractivity (Wildman–Crippen MR) is 124 cm³/mol. The standard InChI is InChI=1S/C28H23N/c1-18-17-19(15-16-29-18)5-6-20-7-8-21-10-13-24-25(28(2,3)4)14-11-22-9-12-23(20)26(21)27(22)24/h7-17H,1-4H3. The van der Waals surface area contributed by atoms with Crippen LogP contribution in [0.4, 0.5) is 0 Å². The Balaban J connectivity index is 1.81. The third kappa shape index (κ3) is 2.93. The van der Waals surface area contributed by atoms with E-state index in [0.29, 0.717) is 0 Å². The lowest BCUT2D eigenvalue weighted by Crippen LogP contribution is -2.11. The molecule has 5 rings (SSSR count). The van der Waals surface area contributed by atoms with Crippen molar-refractivity contribution in [2.45, 2.75) is 33.1 Å². The number of hydrogen-bond acceptors (Lipinski definition) is 1. The van der Waals surface area contributed by atoms with Crippen molar-refractivity contribution >= 4 is 32.3 Å². The normalized spacial score (nSPS) is 11.9. The van der Waals surface area contributed by atoms with Crippen LogP contribution in [0.5, 0.6) is 0 Å². The van der Waals surface area contributed by atoms with Crippen molar-refractivity contribution < 1.29 is 0 Å². The second kappa shape index (κ2) is 6.33. The minimum atomic E-state index is 0.101. The number of benzene rings is 4. The highest BCUT2D eigenvalue weighted by atomic mass is 14.6. The molecule has 1 nitrogen and oxygen atoms in total. The van der Waals surface area contributed by atoms with Gasteiger partial charge in [-0.3, -0.25) is 4.98 Å². The summed E-state index contributed by atoms with van der Waals surface area (Å²) < 4.78 is 0. The van der Waals surface area contributed by atoms with E-state index in [9.17, 15) is 0 Å². The van der Waals surface area contributed by atoms with Crippen LogP contribution in [0.25, 0.3) is 32.3 Å². The van der Waals surface area contributed by atoms with Gasteiger partial charge in [-0.15, -0.1) is 0 Å². The molecule has 0 fully saturated rings. The zero-order chi connectivity index (χ0) is 20.2. The molecule has 5 aromatic rings. The molecule has 0 saturated heterocycles. The molecule has 4 aromatic carbocycles. The van der Waals surface area contributed by atoms with E-state index >= 15 is 0 Å². The minimum Gasteiger partial charge on any atom is -0.262 e. The van der Waals surface area contributed by atoms with E-state index in [-0.39, 0.29) is 5.41 Å². The quantitative estimate of drug-likeness (QED) is 0.211. The Hall–Kier alpha value is -3.37. The number of aryl methyl sites for hydroxylation is 1. The van der Waals surface area contributed by atoms with Gasteiger partial charge in [-0.25, -0.2) is 0 Å². The molecule has 0 atom stereocenters. The molecule has 0 amide bonds. The summed E-state index contributed by atoms with van der Waals surface area (Å²) in [5.74, 6) is 6.73. The van der Waals surface area contributed by atoms with E-state index in [4.69, 9.17) is 0 Å². The predicted octanol–water partition coefficient (Wildman–Crippen LogP) is 6.98. The first-order valence-electron chi connectivity index (χ1n) is 10.1. The zero-order valence-corrected chi connectivity index (χ0v) is 17.3. The summed E-state index contributed by atoms with van der Waals surface area (Å²) in [6, 6.07) is 21.9. The van der Waals surface area contributed by atoms with Crippen molar-refractivity contribution in [3.63, 3.8) is 0 Å². The van der Waals surface area contributed by atoms with Gasteiger partial charge in [0.15, 0.2) is 0 Å². The van der Waals surface area contributed by atoms with Gasteiger partial charge in [-0.2, -0.15) is 0 Å². The molecular formula is C28H23N. The number of rotatable bonds is 0. The van der Waals surface area contributed by atoms with Crippen LogP contribution in [0.1, 0.15) is 43.2 Å². The van der Waals surface area contributed by atoms with E-state index in [1.54, 1.807) is 0 Å². The number of aromatic nitrogens is 1. The number of nitrogens with zero attached hydrogens (tertiary/aromatic N) is 1.